The van der Waals surface area contributed by atoms with Gasteiger partial charge in [0.2, 0.25) is 5.91 Å². The van der Waals surface area contributed by atoms with E-state index < -0.39 is 0 Å². The highest BCUT2D eigenvalue weighted by molar-refractivity contribution is 5.78. The molecule has 1 atom stereocenters. The molecule has 126 valence electrons. The first-order valence-electron chi connectivity index (χ1n) is 8.62. The Bertz CT molecular complexity index is 507. The molecule has 2 saturated heterocycles. The summed E-state index contributed by atoms with van der Waals surface area (Å²) in [6, 6.07) is 10.0. The molecule has 0 bridgehead atoms. The minimum atomic E-state index is 0.251. The van der Waals surface area contributed by atoms with Crippen LogP contribution in [-0.2, 0) is 20.7 Å². The Labute approximate surface area is 138 Å². The van der Waals surface area contributed by atoms with Crippen LogP contribution in [0.4, 0.5) is 0 Å². The Morgan fingerprint density at radius 1 is 1.26 bits per heavy atom. The fourth-order valence-corrected chi connectivity index (χ4v) is 4.05. The maximum absolute atomic E-state index is 12.5. The van der Waals surface area contributed by atoms with Gasteiger partial charge in [-0.2, -0.15) is 0 Å². The lowest BCUT2D eigenvalue weighted by Crippen LogP contribution is -2.50. The molecule has 1 aromatic carbocycles. The van der Waals surface area contributed by atoms with E-state index in [4.69, 9.17) is 9.47 Å². The van der Waals surface area contributed by atoms with Gasteiger partial charge in [-0.05, 0) is 30.2 Å². The van der Waals surface area contributed by atoms with E-state index in [0.29, 0.717) is 17.8 Å². The molecule has 2 aliphatic heterocycles. The molecular weight excluding hydrogens is 290 g/mol. The summed E-state index contributed by atoms with van der Waals surface area (Å²) in [5.74, 6) is 0.717. The van der Waals surface area contributed by atoms with E-state index in [-0.39, 0.29) is 5.91 Å². The van der Waals surface area contributed by atoms with E-state index in [1.807, 2.05) is 35.2 Å². The van der Waals surface area contributed by atoms with Gasteiger partial charge in [0.05, 0.1) is 19.6 Å². The average molecular weight is 317 g/mol. The van der Waals surface area contributed by atoms with Crippen molar-refractivity contribution in [1.82, 2.24) is 4.90 Å². The van der Waals surface area contributed by atoms with Crippen molar-refractivity contribution in [2.75, 3.05) is 40.0 Å². The third-order valence-corrected chi connectivity index (χ3v) is 5.61. The highest BCUT2D eigenvalue weighted by atomic mass is 16.5. The normalized spacial score (nSPS) is 23.9. The molecule has 1 spiro atoms. The molecule has 3 rings (SSSR count). The number of hydrogen-bond acceptors (Lipinski definition) is 3. The predicted molar refractivity (Wildman–Crippen MR) is 89.2 cm³/mol. The van der Waals surface area contributed by atoms with Crippen LogP contribution in [0.5, 0.6) is 0 Å². The molecule has 0 saturated carbocycles. The highest BCUT2D eigenvalue weighted by Crippen LogP contribution is 2.44. The molecule has 2 aliphatic rings. The van der Waals surface area contributed by atoms with Crippen molar-refractivity contribution in [3.05, 3.63) is 35.9 Å². The van der Waals surface area contributed by atoms with E-state index >= 15 is 0 Å². The fourth-order valence-electron chi connectivity index (χ4n) is 4.05. The molecule has 0 N–H and O–H groups in total. The summed E-state index contributed by atoms with van der Waals surface area (Å²) < 4.78 is 11.1. The van der Waals surface area contributed by atoms with Crippen molar-refractivity contribution in [2.24, 2.45) is 11.3 Å². The maximum Gasteiger partial charge on any atom is 0.226 e. The standard InChI is InChI=1S/C19H27NO3/c1-22-14-17-15-23-12-9-19(17)7-10-20(11-8-19)18(21)13-16-5-3-2-4-6-16/h2-6,17H,7-15H2,1H3/t17-/m0/s1. The molecule has 2 fully saturated rings. The van der Waals surface area contributed by atoms with Crippen LogP contribution in [0.1, 0.15) is 24.8 Å². The zero-order chi connectivity index (χ0) is 16.1. The van der Waals surface area contributed by atoms with Gasteiger partial charge in [0.1, 0.15) is 0 Å². The van der Waals surface area contributed by atoms with Crippen LogP contribution < -0.4 is 0 Å². The molecule has 0 unspecified atom stereocenters. The third-order valence-electron chi connectivity index (χ3n) is 5.61. The van der Waals surface area contributed by atoms with Crippen LogP contribution in [0.15, 0.2) is 30.3 Å². The summed E-state index contributed by atoms with van der Waals surface area (Å²) in [5, 5.41) is 0. The quantitative estimate of drug-likeness (QED) is 0.856. The zero-order valence-corrected chi connectivity index (χ0v) is 14.0. The smallest absolute Gasteiger partial charge is 0.226 e. The molecule has 1 amide bonds. The van der Waals surface area contributed by atoms with Gasteiger partial charge in [-0.3, -0.25) is 4.79 Å². The molecule has 0 aromatic heterocycles. The van der Waals surface area contributed by atoms with Crippen molar-refractivity contribution < 1.29 is 14.3 Å². The van der Waals surface area contributed by atoms with Gasteiger partial charge in [-0.1, -0.05) is 30.3 Å². The summed E-state index contributed by atoms with van der Waals surface area (Å²) >= 11 is 0. The number of hydrogen-bond donors (Lipinski definition) is 0. The van der Waals surface area contributed by atoms with Gasteiger partial charge in [-0.15, -0.1) is 0 Å². The molecule has 0 radical (unpaired) electrons. The number of ether oxygens (including phenoxy) is 2. The number of carbonyl (C=O) groups is 1. The monoisotopic (exact) mass is 317 g/mol. The van der Waals surface area contributed by atoms with Crippen LogP contribution >= 0.6 is 0 Å². The Kier molecular flexibility index (Phi) is 5.34. The van der Waals surface area contributed by atoms with Gasteiger partial charge in [0.15, 0.2) is 0 Å². The lowest BCUT2D eigenvalue weighted by atomic mass is 9.66. The molecule has 2 heterocycles. The Hall–Kier alpha value is -1.39. The summed E-state index contributed by atoms with van der Waals surface area (Å²) in [6.45, 7) is 4.14. The van der Waals surface area contributed by atoms with Gasteiger partial charge >= 0.3 is 0 Å². The number of piperidine rings is 1. The maximum atomic E-state index is 12.5. The van der Waals surface area contributed by atoms with Crippen LogP contribution in [0.25, 0.3) is 0 Å². The number of likely N-dealkylation sites (tertiary alicyclic amines) is 1. The summed E-state index contributed by atoms with van der Waals surface area (Å²) in [6.07, 6.45) is 3.76. The lowest BCUT2D eigenvalue weighted by Gasteiger charge is -2.48. The van der Waals surface area contributed by atoms with E-state index in [9.17, 15) is 4.79 Å². The number of benzene rings is 1. The topological polar surface area (TPSA) is 38.8 Å². The number of amides is 1. The summed E-state index contributed by atoms with van der Waals surface area (Å²) in [5.41, 5.74) is 1.40. The van der Waals surface area contributed by atoms with E-state index in [2.05, 4.69) is 0 Å². The zero-order valence-electron chi connectivity index (χ0n) is 14.0. The Morgan fingerprint density at radius 3 is 2.70 bits per heavy atom. The van der Waals surface area contributed by atoms with Crippen molar-refractivity contribution in [3.63, 3.8) is 0 Å². The second-order valence-corrected chi connectivity index (χ2v) is 6.88. The highest BCUT2D eigenvalue weighted by Gasteiger charge is 2.43. The minimum Gasteiger partial charge on any atom is -0.384 e. The molecular formula is C19H27NO3. The predicted octanol–water partition coefficient (Wildman–Crippen LogP) is 2.52. The SMILES string of the molecule is COC[C@H]1COCCC12CCN(C(=O)Cc1ccccc1)CC2. The first-order valence-corrected chi connectivity index (χ1v) is 8.62. The fraction of sp³-hybridized carbons (Fsp3) is 0.632. The molecule has 4 nitrogen and oxygen atoms in total. The molecule has 0 aliphatic carbocycles. The number of carbonyl (C=O) groups excluding carboxylic acids is 1. The van der Waals surface area contributed by atoms with E-state index in [1.165, 1.54) is 0 Å². The number of rotatable bonds is 4. The number of nitrogens with zero attached hydrogens (tertiary/aromatic N) is 1. The van der Waals surface area contributed by atoms with E-state index in [0.717, 1.165) is 57.7 Å². The first-order chi connectivity index (χ1) is 11.2. The summed E-state index contributed by atoms with van der Waals surface area (Å²) in [7, 11) is 1.76. The minimum absolute atomic E-state index is 0.251. The molecule has 1 aromatic rings. The number of methoxy groups -OCH3 is 1. The van der Waals surface area contributed by atoms with Gasteiger partial charge in [-0.25, -0.2) is 0 Å². The first kappa shape index (κ1) is 16.5. The molecule has 23 heavy (non-hydrogen) atoms. The van der Waals surface area contributed by atoms with Gasteiger partial charge in [0, 0.05) is 32.7 Å². The second kappa shape index (κ2) is 7.45. The van der Waals surface area contributed by atoms with Crippen LogP contribution in [0, 0.1) is 11.3 Å². The average Bonchev–Trinajstić information content (AvgIpc) is 2.59. The van der Waals surface area contributed by atoms with Crippen LogP contribution in [0.3, 0.4) is 0 Å². The largest absolute Gasteiger partial charge is 0.384 e. The van der Waals surface area contributed by atoms with Crippen LogP contribution in [-0.4, -0.2) is 50.8 Å². The van der Waals surface area contributed by atoms with Gasteiger partial charge in [0.25, 0.3) is 0 Å². The van der Waals surface area contributed by atoms with Crippen molar-refractivity contribution in [1.29, 1.82) is 0 Å². The molecule has 4 heteroatoms. The van der Waals surface area contributed by atoms with E-state index in [1.54, 1.807) is 7.11 Å². The van der Waals surface area contributed by atoms with Crippen molar-refractivity contribution >= 4 is 5.91 Å². The third kappa shape index (κ3) is 3.75. The Morgan fingerprint density at radius 2 is 2.00 bits per heavy atom. The van der Waals surface area contributed by atoms with Crippen molar-refractivity contribution in [3.8, 4) is 0 Å². The second-order valence-electron chi connectivity index (χ2n) is 6.88. The van der Waals surface area contributed by atoms with Gasteiger partial charge < -0.3 is 14.4 Å². The lowest BCUT2D eigenvalue weighted by molar-refractivity contribution is -0.137. The summed E-state index contributed by atoms with van der Waals surface area (Å²) in [4.78, 5) is 14.6. The van der Waals surface area contributed by atoms with Crippen molar-refractivity contribution in [2.45, 2.75) is 25.7 Å². The Balaban J connectivity index is 1.58. The van der Waals surface area contributed by atoms with Crippen LogP contribution in [0.2, 0.25) is 0 Å².